The van der Waals surface area contributed by atoms with Crippen LogP contribution < -0.4 is 10.6 Å². The number of carbonyl (C=O) groups is 1. The maximum atomic E-state index is 12.5. The van der Waals surface area contributed by atoms with Gasteiger partial charge in [-0.15, -0.1) is 11.3 Å². The Kier molecular flexibility index (Phi) is 6.36. The fourth-order valence-electron chi connectivity index (χ4n) is 2.76. The number of para-hydroxylation sites is 1. The van der Waals surface area contributed by atoms with E-state index in [4.69, 9.17) is 40.4 Å². The van der Waals surface area contributed by atoms with Crippen molar-refractivity contribution in [3.63, 3.8) is 0 Å². The largest absolute Gasteiger partial charge is 0.332 e. The molecule has 0 spiro atoms. The van der Waals surface area contributed by atoms with Gasteiger partial charge in [-0.05, 0) is 60.7 Å². The normalized spacial score (nSPS) is 10.8. The molecule has 0 fully saturated rings. The molecule has 1 aromatic heterocycles. The number of benzene rings is 3. The second-order valence-electron chi connectivity index (χ2n) is 6.21. The molecule has 150 valence electrons. The number of thiazole rings is 1. The number of thiocarbonyl (C=S) groups is 1. The average Bonchev–Trinajstić information content (AvgIpc) is 3.15. The molecule has 0 atom stereocenters. The van der Waals surface area contributed by atoms with Crippen LogP contribution in [0.25, 0.3) is 20.8 Å². The standard InChI is InChI=1S/C21H12BrCl2N3OS2/c22-12-6-8-16(13(10-12)20-25-17-3-1-2-4-18(17)30-20)26-21(29)27-19(28)11-5-7-14(23)15(24)9-11/h1-10H,(H2,26,27,28,29). The number of rotatable bonds is 3. The van der Waals surface area contributed by atoms with Gasteiger partial charge in [-0.1, -0.05) is 51.3 Å². The predicted molar refractivity (Wildman–Crippen MR) is 133 cm³/mol. The van der Waals surface area contributed by atoms with E-state index in [0.717, 1.165) is 30.9 Å². The number of carbonyl (C=O) groups excluding carboxylic acids is 1. The fraction of sp³-hybridized carbons (Fsp3) is 0. The second-order valence-corrected chi connectivity index (χ2v) is 9.38. The van der Waals surface area contributed by atoms with Gasteiger partial charge in [0.1, 0.15) is 5.01 Å². The molecule has 1 heterocycles. The van der Waals surface area contributed by atoms with Crippen molar-refractivity contribution in [1.82, 2.24) is 10.3 Å². The molecule has 4 aromatic rings. The molecular formula is C21H12BrCl2N3OS2. The number of anilines is 1. The number of halogens is 3. The Labute approximate surface area is 200 Å². The van der Waals surface area contributed by atoms with Crippen molar-refractivity contribution in [3.8, 4) is 10.6 Å². The first-order valence-electron chi connectivity index (χ1n) is 8.63. The summed E-state index contributed by atoms with van der Waals surface area (Å²) in [7, 11) is 0. The molecule has 0 aliphatic rings. The number of fused-ring (bicyclic) bond motifs is 1. The minimum atomic E-state index is -0.385. The second kappa shape index (κ2) is 8.99. The van der Waals surface area contributed by atoms with Gasteiger partial charge >= 0.3 is 0 Å². The van der Waals surface area contributed by atoms with Gasteiger partial charge < -0.3 is 5.32 Å². The summed E-state index contributed by atoms with van der Waals surface area (Å²) in [6, 6.07) is 18.3. The van der Waals surface area contributed by atoms with Gasteiger partial charge in [-0.25, -0.2) is 4.98 Å². The Hall–Kier alpha value is -2.03. The first-order chi connectivity index (χ1) is 14.4. The van der Waals surface area contributed by atoms with Crippen LogP contribution in [0.4, 0.5) is 5.69 Å². The van der Waals surface area contributed by atoms with Crippen molar-refractivity contribution < 1.29 is 4.79 Å². The molecule has 4 rings (SSSR count). The lowest BCUT2D eigenvalue weighted by Crippen LogP contribution is -2.34. The predicted octanol–water partition coefficient (Wildman–Crippen LogP) is 7.16. The Bertz CT molecular complexity index is 1260. The third-order valence-corrected chi connectivity index (χ3v) is 6.67. The van der Waals surface area contributed by atoms with Gasteiger partial charge in [0.15, 0.2) is 5.11 Å². The molecule has 0 saturated heterocycles. The lowest BCUT2D eigenvalue weighted by Gasteiger charge is -2.13. The van der Waals surface area contributed by atoms with Gasteiger partial charge in [-0.2, -0.15) is 0 Å². The van der Waals surface area contributed by atoms with Gasteiger partial charge in [0.05, 0.1) is 25.9 Å². The van der Waals surface area contributed by atoms with Gasteiger partial charge in [0, 0.05) is 15.6 Å². The van der Waals surface area contributed by atoms with Crippen molar-refractivity contribution in [1.29, 1.82) is 0 Å². The summed E-state index contributed by atoms with van der Waals surface area (Å²) in [5.74, 6) is -0.385. The van der Waals surface area contributed by atoms with E-state index in [-0.39, 0.29) is 11.0 Å². The lowest BCUT2D eigenvalue weighted by molar-refractivity contribution is 0.0977. The molecule has 30 heavy (non-hydrogen) atoms. The topological polar surface area (TPSA) is 54.0 Å². The zero-order chi connectivity index (χ0) is 21.3. The highest BCUT2D eigenvalue weighted by molar-refractivity contribution is 9.10. The zero-order valence-electron chi connectivity index (χ0n) is 15.1. The molecule has 1 amide bonds. The molecule has 2 N–H and O–H groups in total. The SMILES string of the molecule is O=C(NC(=S)Nc1ccc(Br)cc1-c1nc2ccccc2s1)c1ccc(Cl)c(Cl)c1. The van der Waals surface area contributed by atoms with Crippen LogP contribution in [-0.2, 0) is 0 Å². The summed E-state index contributed by atoms with van der Waals surface area (Å²) in [6.07, 6.45) is 0. The summed E-state index contributed by atoms with van der Waals surface area (Å²) >= 11 is 22.3. The molecule has 4 nitrogen and oxygen atoms in total. The molecule has 0 aliphatic heterocycles. The number of hydrogen-bond acceptors (Lipinski definition) is 4. The van der Waals surface area contributed by atoms with Gasteiger partial charge in [0.25, 0.3) is 5.91 Å². The van der Waals surface area contributed by atoms with Crippen LogP contribution in [0.15, 0.2) is 65.1 Å². The molecule has 0 bridgehead atoms. The van der Waals surface area contributed by atoms with Crippen LogP contribution >= 0.6 is 62.7 Å². The molecule has 9 heteroatoms. The maximum absolute atomic E-state index is 12.5. The number of aromatic nitrogens is 1. The summed E-state index contributed by atoms with van der Waals surface area (Å²) < 4.78 is 2.00. The number of hydrogen-bond donors (Lipinski definition) is 2. The van der Waals surface area contributed by atoms with Crippen molar-refractivity contribution in [2.75, 3.05) is 5.32 Å². The van der Waals surface area contributed by atoms with Crippen LogP contribution in [-0.4, -0.2) is 16.0 Å². The van der Waals surface area contributed by atoms with Crippen molar-refractivity contribution in [3.05, 3.63) is 80.7 Å². The molecule has 0 aliphatic carbocycles. The monoisotopic (exact) mass is 535 g/mol. The van der Waals surface area contributed by atoms with E-state index in [9.17, 15) is 4.79 Å². The minimum absolute atomic E-state index is 0.163. The third-order valence-electron chi connectivity index (χ3n) is 4.16. The number of nitrogens with one attached hydrogen (secondary N) is 2. The average molecular weight is 537 g/mol. The van der Waals surface area contributed by atoms with E-state index in [2.05, 4.69) is 26.6 Å². The van der Waals surface area contributed by atoms with E-state index in [1.54, 1.807) is 23.5 Å². The maximum Gasteiger partial charge on any atom is 0.257 e. The highest BCUT2D eigenvalue weighted by atomic mass is 79.9. The Balaban J connectivity index is 1.57. The molecular weight excluding hydrogens is 525 g/mol. The molecule has 0 saturated carbocycles. The molecule has 0 unspecified atom stereocenters. The van der Waals surface area contributed by atoms with Crippen LogP contribution in [0.3, 0.4) is 0 Å². The van der Waals surface area contributed by atoms with E-state index in [1.165, 1.54) is 6.07 Å². The molecule has 3 aromatic carbocycles. The smallest absolute Gasteiger partial charge is 0.257 e. The van der Waals surface area contributed by atoms with Crippen LogP contribution in [0.1, 0.15) is 10.4 Å². The molecule has 0 radical (unpaired) electrons. The minimum Gasteiger partial charge on any atom is -0.332 e. The van der Waals surface area contributed by atoms with E-state index in [0.29, 0.717) is 15.6 Å². The van der Waals surface area contributed by atoms with E-state index < -0.39 is 0 Å². The van der Waals surface area contributed by atoms with E-state index in [1.807, 2.05) is 42.5 Å². The van der Waals surface area contributed by atoms with E-state index >= 15 is 0 Å². The quantitative estimate of drug-likeness (QED) is 0.273. The zero-order valence-corrected chi connectivity index (χ0v) is 19.8. The summed E-state index contributed by atoms with van der Waals surface area (Å²) in [5.41, 5.74) is 2.89. The third kappa shape index (κ3) is 4.66. The van der Waals surface area contributed by atoms with Gasteiger partial charge in [-0.3, -0.25) is 10.1 Å². The van der Waals surface area contributed by atoms with Crippen LogP contribution in [0.2, 0.25) is 10.0 Å². The first-order valence-corrected chi connectivity index (χ1v) is 11.4. The summed E-state index contributed by atoms with van der Waals surface area (Å²) in [5, 5.41) is 7.44. The Morgan fingerprint density at radius 2 is 1.83 bits per heavy atom. The Morgan fingerprint density at radius 1 is 1.03 bits per heavy atom. The highest BCUT2D eigenvalue weighted by Gasteiger charge is 2.14. The number of nitrogens with zero attached hydrogens (tertiary/aromatic N) is 1. The highest BCUT2D eigenvalue weighted by Crippen LogP contribution is 2.36. The number of amides is 1. The van der Waals surface area contributed by atoms with Crippen LogP contribution in [0.5, 0.6) is 0 Å². The lowest BCUT2D eigenvalue weighted by atomic mass is 10.2. The Morgan fingerprint density at radius 3 is 2.60 bits per heavy atom. The van der Waals surface area contributed by atoms with Crippen molar-refractivity contribution in [2.45, 2.75) is 0 Å². The fourth-order valence-corrected chi connectivity index (χ4v) is 4.61. The van der Waals surface area contributed by atoms with Crippen LogP contribution in [0, 0.1) is 0 Å². The summed E-state index contributed by atoms with van der Waals surface area (Å²) in [4.78, 5) is 17.2. The van der Waals surface area contributed by atoms with Crippen molar-refractivity contribution >= 4 is 89.6 Å². The van der Waals surface area contributed by atoms with Crippen molar-refractivity contribution in [2.24, 2.45) is 0 Å². The van der Waals surface area contributed by atoms with Gasteiger partial charge in [0.2, 0.25) is 0 Å². The first kappa shape index (κ1) is 21.2. The summed E-state index contributed by atoms with van der Waals surface area (Å²) in [6.45, 7) is 0.